The molecule has 17 heavy (non-hydrogen) atoms. The Morgan fingerprint density at radius 2 is 1.82 bits per heavy atom. The van der Waals surface area contributed by atoms with Crippen molar-refractivity contribution in [3.63, 3.8) is 0 Å². The highest BCUT2D eigenvalue weighted by molar-refractivity contribution is 8.07. The van der Waals surface area contributed by atoms with Crippen LogP contribution < -0.4 is 0 Å². The van der Waals surface area contributed by atoms with Crippen LogP contribution in [0.5, 0.6) is 0 Å². The average molecular weight is 268 g/mol. The summed E-state index contributed by atoms with van der Waals surface area (Å²) in [6.07, 6.45) is -0.331. The van der Waals surface area contributed by atoms with Gasteiger partial charge >= 0.3 is 0 Å². The van der Waals surface area contributed by atoms with Crippen LogP contribution in [0.4, 0.5) is 0 Å². The first-order chi connectivity index (χ1) is 8.08. The Bertz CT molecular complexity index is 363. The molecule has 1 heterocycles. The fourth-order valence-electron chi connectivity index (χ4n) is 1.95. The summed E-state index contributed by atoms with van der Waals surface area (Å²) in [5.41, 5.74) is 2.30. The van der Waals surface area contributed by atoms with E-state index >= 15 is 0 Å². The normalized spacial score (nSPS) is 31.2. The molecule has 1 saturated heterocycles. The summed E-state index contributed by atoms with van der Waals surface area (Å²) in [6, 6.07) is 8.25. The van der Waals surface area contributed by atoms with Gasteiger partial charge in [0, 0.05) is 21.5 Å². The van der Waals surface area contributed by atoms with E-state index in [2.05, 4.69) is 32.9 Å². The number of thioether (sulfide) groups is 2. The summed E-state index contributed by atoms with van der Waals surface area (Å²) < 4.78 is 0. The SMILES string of the molecule is Cc1ccc(C(O)C2CSC(C)C(C)S2)cc1. The zero-order chi connectivity index (χ0) is 12.4. The fourth-order valence-corrected chi connectivity index (χ4v) is 4.95. The highest BCUT2D eigenvalue weighted by Crippen LogP contribution is 2.40. The fraction of sp³-hybridized carbons (Fsp3) is 0.571. The first kappa shape index (κ1) is 13.3. The van der Waals surface area contributed by atoms with Crippen molar-refractivity contribution in [1.29, 1.82) is 0 Å². The molecule has 0 bridgehead atoms. The molecule has 1 nitrogen and oxygen atoms in total. The Morgan fingerprint density at radius 1 is 1.18 bits per heavy atom. The maximum atomic E-state index is 10.4. The molecule has 0 aliphatic carbocycles. The summed E-state index contributed by atoms with van der Waals surface area (Å²) >= 11 is 3.91. The molecule has 1 aromatic carbocycles. The van der Waals surface area contributed by atoms with Crippen LogP contribution >= 0.6 is 23.5 Å². The van der Waals surface area contributed by atoms with Gasteiger partial charge in [-0.25, -0.2) is 0 Å². The topological polar surface area (TPSA) is 20.2 Å². The third-order valence-corrected chi connectivity index (χ3v) is 6.83. The molecule has 0 spiro atoms. The lowest BCUT2D eigenvalue weighted by molar-refractivity contribution is 0.180. The predicted octanol–water partition coefficient (Wildman–Crippen LogP) is 3.65. The lowest BCUT2D eigenvalue weighted by Crippen LogP contribution is -2.30. The summed E-state index contributed by atoms with van der Waals surface area (Å²) in [5, 5.41) is 12.1. The maximum Gasteiger partial charge on any atom is 0.0916 e. The van der Waals surface area contributed by atoms with Gasteiger partial charge in [0.15, 0.2) is 0 Å². The lowest BCUT2D eigenvalue weighted by Gasteiger charge is -2.34. The molecule has 3 heteroatoms. The van der Waals surface area contributed by atoms with Gasteiger partial charge in [0.25, 0.3) is 0 Å². The van der Waals surface area contributed by atoms with Gasteiger partial charge in [0.05, 0.1) is 6.10 Å². The van der Waals surface area contributed by atoms with Gasteiger partial charge < -0.3 is 5.11 Å². The van der Waals surface area contributed by atoms with Crippen LogP contribution in [-0.2, 0) is 0 Å². The van der Waals surface area contributed by atoms with Gasteiger partial charge in [-0.05, 0) is 12.5 Å². The Labute approximate surface area is 112 Å². The molecule has 2 rings (SSSR count). The first-order valence-corrected chi connectivity index (χ1v) is 8.09. The lowest BCUT2D eigenvalue weighted by atomic mass is 10.1. The molecule has 94 valence electrons. The minimum atomic E-state index is -0.331. The van der Waals surface area contributed by atoms with E-state index in [1.807, 2.05) is 35.7 Å². The Morgan fingerprint density at radius 3 is 2.41 bits per heavy atom. The average Bonchev–Trinajstić information content (AvgIpc) is 2.33. The van der Waals surface area contributed by atoms with Crippen molar-refractivity contribution >= 4 is 23.5 Å². The van der Waals surface area contributed by atoms with E-state index in [1.54, 1.807) is 0 Å². The quantitative estimate of drug-likeness (QED) is 0.884. The minimum Gasteiger partial charge on any atom is -0.387 e. The Balaban J connectivity index is 2.05. The van der Waals surface area contributed by atoms with E-state index in [4.69, 9.17) is 0 Å². The van der Waals surface area contributed by atoms with E-state index < -0.39 is 0 Å². The molecule has 1 fully saturated rings. The van der Waals surface area contributed by atoms with Gasteiger partial charge in [-0.3, -0.25) is 0 Å². The number of benzene rings is 1. The predicted molar refractivity (Wildman–Crippen MR) is 78.9 cm³/mol. The molecule has 1 aliphatic heterocycles. The molecule has 0 saturated carbocycles. The second-order valence-corrected chi connectivity index (χ2v) is 7.81. The Hall–Kier alpha value is -0.120. The molecule has 0 amide bonds. The summed E-state index contributed by atoms with van der Waals surface area (Å²) in [5.74, 6) is 1.05. The molecule has 4 atom stereocenters. The van der Waals surface area contributed by atoms with E-state index in [1.165, 1.54) is 5.56 Å². The number of aliphatic hydroxyl groups excluding tert-OH is 1. The molecule has 1 aromatic rings. The van der Waals surface area contributed by atoms with E-state index in [-0.39, 0.29) is 6.10 Å². The van der Waals surface area contributed by atoms with E-state index in [9.17, 15) is 5.11 Å². The number of hydrogen-bond donors (Lipinski definition) is 1. The molecule has 0 radical (unpaired) electrons. The third-order valence-electron chi connectivity index (χ3n) is 3.34. The van der Waals surface area contributed by atoms with Crippen molar-refractivity contribution in [2.75, 3.05) is 5.75 Å². The zero-order valence-electron chi connectivity index (χ0n) is 10.6. The molecular formula is C14H20OS2. The second kappa shape index (κ2) is 5.68. The van der Waals surface area contributed by atoms with Crippen molar-refractivity contribution in [2.24, 2.45) is 0 Å². The van der Waals surface area contributed by atoms with Crippen LogP contribution in [0.2, 0.25) is 0 Å². The number of hydrogen-bond acceptors (Lipinski definition) is 3. The van der Waals surface area contributed by atoms with Crippen LogP contribution in [-0.4, -0.2) is 26.6 Å². The molecular weight excluding hydrogens is 248 g/mol. The summed E-state index contributed by atoms with van der Waals surface area (Å²) in [7, 11) is 0. The third kappa shape index (κ3) is 3.21. The van der Waals surface area contributed by atoms with Crippen molar-refractivity contribution in [3.05, 3.63) is 35.4 Å². The van der Waals surface area contributed by atoms with Gasteiger partial charge in [-0.1, -0.05) is 43.7 Å². The van der Waals surface area contributed by atoms with Gasteiger partial charge in [0.1, 0.15) is 0 Å². The van der Waals surface area contributed by atoms with Crippen LogP contribution in [0.25, 0.3) is 0 Å². The second-order valence-electron chi connectivity index (χ2n) is 4.77. The van der Waals surface area contributed by atoms with Gasteiger partial charge in [-0.2, -0.15) is 23.5 Å². The monoisotopic (exact) mass is 268 g/mol. The van der Waals surface area contributed by atoms with Gasteiger partial charge in [0.2, 0.25) is 0 Å². The maximum absolute atomic E-state index is 10.4. The van der Waals surface area contributed by atoms with Crippen LogP contribution in [0.3, 0.4) is 0 Å². The number of rotatable bonds is 2. The molecule has 1 N–H and O–H groups in total. The van der Waals surface area contributed by atoms with Crippen molar-refractivity contribution in [2.45, 2.75) is 42.6 Å². The Kier molecular flexibility index (Phi) is 4.45. The standard InChI is InChI=1S/C14H20OS2/c1-9-4-6-12(7-5-9)14(15)13-8-16-10(2)11(3)17-13/h4-7,10-11,13-15H,8H2,1-3H3. The van der Waals surface area contributed by atoms with E-state index in [0.29, 0.717) is 15.7 Å². The number of aliphatic hydroxyl groups is 1. The first-order valence-electron chi connectivity index (χ1n) is 6.09. The van der Waals surface area contributed by atoms with Crippen LogP contribution in [0, 0.1) is 6.92 Å². The van der Waals surface area contributed by atoms with Crippen molar-refractivity contribution in [3.8, 4) is 0 Å². The highest BCUT2D eigenvalue weighted by atomic mass is 32.2. The van der Waals surface area contributed by atoms with Crippen molar-refractivity contribution in [1.82, 2.24) is 0 Å². The zero-order valence-corrected chi connectivity index (χ0v) is 12.2. The van der Waals surface area contributed by atoms with E-state index in [0.717, 1.165) is 11.3 Å². The summed E-state index contributed by atoms with van der Waals surface area (Å²) in [4.78, 5) is 0. The molecule has 1 aliphatic rings. The summed E-state index contributed by atoms with van der Waals surface area (Å²) in [6.45, 7) is 6.61. The molecule has 4 unspecified atom stereocenters. The largest absolute Gasteiger partial charge is 0.387 e. The van der Waals surface area contributed by atoms with Gasteiger partial charge in [-0.15, -0.1) is 0 Å². The van der Waals surface area contributed by atoms with Crippen LogP contribution in [0.1, 0.15) is 31.1 Å². The number of aryl methyl sites for hydroxylation is 1. The van der Waals surface area contributed by atoms with Crippen LogP contribution in [0.15, 0.2) is 24.3 Å². The van der Waals surface area contributed by atoms with Crippen molar-refractivity contribution < 1.29 is 5.11 Å². The highest BCUT2D eigenvalue weighted by Gasteiger charge is 2.30. The minimum absolute atomic E-state index is 0.328. The smallest absolute Gasteiger partial charge is 0.0916 e. The molecule has 0 aromatic heterocycles.